The van der Waals surface area contributed by atoms with Crippen LogP contribution in [0.4, 0.5) is 0 Å². The van der Waals surface area contributed by atoms with Crippen molar-refractivity contribution in [2.75, 3.05) is 6.54 Å². The van der Waals surface area contributed by atoms with Crippen molar-refractivity contribution >= 4 is 5.91 Å². The van der Waals surface area contributed by atoms with Crippen LogP contribution in [-0.4, -0.2) is 18.6 Å². The number of rotatable bonds is 7. The molecule has 0 spiro atoms. The fraction of sp³-hybridized carbons (Fsp3) is 0.533. The average Bonchev–Trinajstić information content (AvgIpc) is 2.34. The van der Waals surface area contributed by atoms with Crippen LogP contribution in [-0.2, 0) is 11.2 Å². The maximum Gasteiger partial charge on any atom is 0.219 e. The molecule has 3 heteroatoms. The number of nitrogens with one attached hydrogen (secondary N) is 1. The van der Waals surface area contributed by atoms with Crippen LogP contribution in [0.1, 0.15) is 39.2 Å². The molecule has 100 valence electrons. The molecule has 0 bridgehead atoms. The van der Waals surface area contributed by atoms with Gasteiger partial charge in [-0.05, 0) is 44.4 Å². The predicted molar refractivity (Wildman–Crippen MR) is 73.8 cm³/mol. The maximum absolute atomic E-state index is 11.1. The van der Waals surface area contributed by atoms with Gasteiger partial charge in [-0.1, -0.05) is 19.1 Å². The van der Waals surface area contributed by atoms with E-state index in [-0.39, 0.29) is 12.0 Å². The molecule has 0 fully saturated rings. The van der Waals surface area contributed by atoms with Gasteiger partial charge in [0, 0.05) is 13.0 Å². The third-order valence-corrected chi connectivity index (χ3v) is 2.56. The number of carbonyl (C=O) groups is 1. The first-order valence-electron chi connectivity index (χ1n) is 6.64. The minimum absolute atomic E-state index is 0.117. The molecule has 1 aromatic carbocycles. The van der Waals surface area contributed by atoms with E-state index in [2.05, 4.69) is 17.4 Å². The molecule has 0 aliphatic rings. The van der Waals surface area contributed by atoms with E-state index in [4.69, 9.17) is 4.74 Å². The van der Waals surface area contributed by atoms with Gasteiger partial charge in [0.25, 0.3) is 0 Å². The molecule has 1 amide bonds. The van der Waals surface area contributed by atoms with Crippen LogP contribution in [0.15, 0.2) is 24.3 Å². The molecule has 0 radical (unpaired) electrons. The first-order valence-corrected chi connectivity index (χ1v) is 6.64. The molecule has 1 aromatic rings. The predicted octanol–water partition coefficient (Wildman–Crippen LogP) is 2.93. The van der Waals surface area contributed by atoms with Crippen LogP contribution in [0.2, 0.25) is 0 Å². The van der Waals surface area contributed by atoms with Gasteiger partial charge in [-0.3, -0.25) is 4.79 Å². The summed E-state index contributed by atoms with van der Waals surface area (Å²) in [5, 5.41) is 2.88. The Labute approximate surface area is 110 Å². The molecule has 0 atom stereocenters. The number of hydrogen-bond donors (Lipinski definition) is 1. The first kappa shape index (κ1) is 14.6. The van der Waals surface area contributed by atoms with Crippen molar-refractivity contribution in [3.8, 4) is 5.75 Å². The summed E-state index contributed by atoms with van der Waals surface area (Å²) in [7, 11) is 0. The van der Waals surface area contributed by atoms with Crippen molar-refractivity contribution in [2.24, 2.45) is 0 Å². The Bertz CT molecular complexity index is 375. The van der Waals surface area contributed by atoms with E-state index in [0.29, 0.717) is 6.42 Å². The molecule has 0 aromatic heterocycles. The molecule has 18 heavy (non-hydrogen) atoms. The molecule has 1 rings (SSSR count). The summed E-state index contributed by atoms with van der Waals surface area (Å²) in [6.45, 7) is 6.64. The lowest BCUT2D eigenvalue weighted by atomic mass is 10.1. The zero-order chi connectivity index (χ0) is 13.4. The number of amides is 1. The Morgan fingerprint density at radius 3 is 2.83 bits per heavy atom. The SMILES string of the molecule is CCC(=O)NCCCc1cccc(OC(C)C)c1. The molecule has 1 N–H and O–H groups in total. The highest BCUT2D eigenvalue weighted by Crippen LogP contribution is 2.15. The van der Waals surface area contributed by atoms with E-state index in [1.165, 1.54) is 5.56 Å². The number of ether oxygens (including phenoxy) is 1. The molecule has 0 aliphatic carbocycles. The van der Waals surface area contributed by atoms with Crippen LogP contribution < -0.4 is 10.1 Å². The molecule has 0 saturated carbocycles. The van der Waals surface area contributed by atoms with Crippen LogP contribution >= 0.6 is 0 Å². The van der Waals surface area contributed by atoms with Crippen LogP contribution in [0.3, 0.4) is 0 Å². The second kappa shape index (κ2) is 7.75. The lowest BCUT2D eigenvalue weighted by Gasteiger charge is -2.11. The standard InChI is InChI=1S/C15H23NO2/c1-4-15(17)16-10-6-8-13-7-5-9-14(11-13)18-12(2)3/h5,7,9,11-12H,4,6,8,10H2,1-3H3,(H,16,17). The summed E-state index contributed by atoms with van der Waals surface area (Å²) in [5.41, 5.74) is 1.25. The Morgan fingerprint density at radius 1 is 1.39 bits per heavy atom. The van der Waals surface area contributed by atoms with E-state index in [0.717, 1.165) is 25.1 Å². The number of benzene rings is 1. The quantitative estimate of drug-likeness (QED) is 0.754. The molecule has 0 unspecified atom stereocenters. The number of carbonyl (C=O) groups excluding carboxylic acids is 1. The fourth-order valence-electron chi connectivity index (χ4n) is 1.69. The summed E-state index contributed by atoms with van der Waals surface area (Å²) in [6.07, 6.45) is 2.66. The molecule has 0 heterocycles. The topological polar surface area (TPSA) is 38.3 Å². The maximum atomic E-state index is 11.1. The Morgan fingerprint density at radius 2 is 2.17 bits per heavy atom. The Balaban J connectivity index is 2.35. The van der Waals surface area contributed by atoms with Gasteiger partial charge in [-0.15, -0.1) is 0 Å². The highest BCUT2D eigenvalue weighted by molar-refractivity contribution is 5.75. The highest BCUT2D eigenvalue weighted by atomic mass is 16.5. The highest BCUT2D eigenvalue weighted by Gasteiger charge is 2.00. The second-order valence-corrected chi connectivity index (χ2v) is 4.62. The smallest absolute Gasteiger partial charge is 0.219 e. The van der Waals surface area contributed by atoms with Crippen molar-refractivity contribution in [2.45, 2.75) is 46.1 Å². The van der Waals surface area contributed by atoms with Gasteiger partial charge in [0.1, 0.15) is 5.75 Å². The van der Waals surface area contributed by atoms with Gasteiger partial charge in [-0.25, -0.2) is 0 Å². The minimum atomic E-state index is 0.117. The fourth-order valence-corrected chi connectivity index (χ4v) is 1.69. The second-order valence-electron chi connectivity index (χ2n) is 4.62. The molecule has 3 nitrogen and oxygen atoms in total. The zero-order valence-corrected chi connectivity index (χ0v) is 11.5. The summed E-state index contributed by atoms with van der Waals surface area (Å²) < 4.78 is 5.65. The third-order valence-electron chi connectivity index (χ3n) is 2.56. The molecule has 0 saturated heterocycles. The zero-order valence-electron chi connectivity index (χ0n) is 11.5. The van der Waals surface area contributed by atoms with Crippen LogP contribution in [0.25, 0.3) is 0 Å². The van der Waals surface area contributed by atoms with Gasteiger partial charge in [-0.2, -0.15) is 0 Å². The van der Waals surface area contributed by atoms with Crippen molar-refractivity contribution in [3.05, 3.63) is 29.8 Å². The van der Waals surface area contributed by atoms with Gasteiger partial charge >= 0.3 is 0 Å². The Kier molecular flexibility index (Phi) is 6.26. The van der Waals surface area contributed by atoms with Crippen LogP contribution in [0, 0.1) is 0 Å². The largest absolute Gasteiger partial charge is 0.491 e. The normalized spacial score (nSPS) is 10.4. The lowest BCUT2D eigenvalue weighted by molar-refractivity contribution is -0.120. The summed E-state index contributed by atoms with van der Waals surface area (Å²) >= 11 is 0. The lowest BCUT2D eigenvalue weighted by Crippen LogP contribution is -2.23. The number of aryl methyl sites for hydroxylation is 1. The monoisotopic (exact) mass is 249 g/mol. The van der Waals surface area contributed by atoms with Gasteiger partial charge in [0.2, 0.25) is 5.91 Å². The van der Waals surface area contributed by atoms with E-state index in [1.807, 2.05) is 32.9 Å². The van der Waals surface area contributed by atoms with Crippen molar-refractivity contribution in [1.82, 2.24) is 5.32 Å². The summed E-state index contributed by atoms with van der Waals surface area (Å²) in [4.78, 5) is 11.1. The van der Waals surface area contributed by atoms with Gasteiger partial charge < -0.3 is 10.1 Å². The van der Waals surface area contributed by atoms with Crippen molar-refractivity contribution < 1.29 is 9.53 Å². The minimum Gasteiger partial charge on any atom is -0.491 e. The molecular weight excluding hydrogens is 226 g/mol. The average molecular weight is 249 g/mol. The van der Waals surface area contributed by atoms with Crippen molar-refractivity contribution in [1.29, 1.82) is 0 Å². The van der Waals surface area contributed by atoms with Gasteiger partial charge in [0.05, 0.1) is 6.10 Å². The summed E-state index contributed by atoms with van der Waals surface area (Å²) in [6, 6.07) is 8.15. The molecular formula is C15H23NO2. The van der Waals surface area contributed by atoms with Gasteiger partial charge in [0.15, 0.2) is 0 Å². The molecule has 0 aliphatic heterocycles. The van der Waals surface area contributed by atoms with Crippen molar-refractivity contribution in [3.63, 3.8) is 0 Å². The van der Waals surface area contributed by atoms with Crippen LogP contribution in [0.5, 0.6) is 5.75 Å². The van der Waals surface area contributed by atoms with E-state index < -0.39 is 0 Å². The third kappa shape index (κ3) is 5.71. The number of hydrogen-bond acceptors (Lipinski definition) is 2. The van der Waals surface area contributed by atoms with E-state index in [1.54, 1.807) is 0 Å². The van der Waals surface area contributed by atoms with E-state index in [9.17, 15) is 4.79 Å². The van der Waals surface area contributed by atoms with E-state index >= 15 is 0 Å². The summed E-state index contributed by atoms with van der Waals surface area (Å²) in [5.74, 6) is 1.03. The Hall–Kier alpha value is -1.51. The first-order chi connectivity index (χ1) is 8.61.